The standard InChI is InChI=1S/C20H26N4S/c1-14(2)24-19(15-10-12-23(13-15)16-7-3-4-8-16)18(22-20(24)25)17-9-5-6-11-21-17/h5-6,9-14,16,18-19H,3-4,7-8H2,1-2H3,(H,22,25)/t18-,19+/m0/s1. The molecule has 25 heavy (non-hydrogen) atoms. The first kappa shape index (κ1) is 16.6. The lowest BCUT2D eigenvalue weighted by Crippen LogP contribution is -2.35. The largest absolute Gasteiger partial charge is 0.352 e. The molecule has 0 unspecified atom stereocenters. The quantitative estimate of drug-likeness (QED) is 0.826. The van der Waals surface area contributed by atoms with Crippen LogP contribution in [0.5, 0.6) is 0 Å². The van der Waals surface area contributed by atoms with Crippen molar-refractivity contribution in [3.63, 3.8) is 0 Å². The van der Waals surface area contributed by atoms with Gasteiger partial charge < -0.3 is 14.8 Å². The Labute approximate surface area is 155 Å². The molecule has 1 aliphatic carbocycles. The van der Waals surface area contributed by atoms with Crippen molar-refractivity contribution in [2.24, 2.45) is 0 Å². The summed E-state index contributed by atoms with van der Waals surface area (Å²) in [6.07, 6.45) is 11.7. The van der Waals surface area contributed by atoms with Crippen molar-refractivity contribution in [2.75, 3.05) is 0 Å². The molecule has 2 atom stereocenters. The van der Waals surface area contributed by atoms with Crippen LogP contribution in [0.15, 0.2) is 42.9 Å². The predicted octanol–water partition coefficient (Wildman–Crippen LogP) is 4.38. The first-order valence-corrected chi connectivity index (χ1v) is 9.73. The summed E-state index contributed by atoms with van der Waals surface area (Å²) in [4.78, 5) is 6.92. The van der Waals surface area contributed by atoms with Crippen LogP contribution in [0.3, 0.4) is 0 Å². The number of aromatic nitrogens is 2. The maximum atomic E-state index is 5.67. The van der Waals surface area contributed by atoms with E-state index in [0.717, 1.165) is 10.8 Å². The third kappa shape index (κ3) is 3.06. The minimum Gasteiger partial charge on any atom is -0.352 e. The van der Waals surface area contributed by atoms with Crippen LogP contribution in [0, 0.1) is 0 Å². The van der Waals surface area contributed by atoms with Crippen LogP contribution < -0.4 is 5.32 Å². The third-order valence-electron chi connectivity index (χ3n) is 5.52. The van der Waals surface area contributed by atoms with Crippen molar-refractivity contribution < 1.29 is 0 Å². The number of thiocarbonyl (C=S) groups is 1. The summed E-state index contributed by atoms with van der Waals surface area (Å²) in [5.74, 6) is 0. The van der Waals surface area contributed by atoms with Gasteiger partial charge in [0.25, 0.3) is 0 Å². The van der Waals surface area contributed by atoms with Gasteiger partial charge in [0.1, 0.15) is 0 Å². The third-order valence-corrected chi connectivity index (χ3v) is 5.85. The van der Waals surface area contributed by atoms with E-state index in [1.54, 1.807) is 0 Å². The zero-order valence-electron chi connectivity index (χ0n) is 14.9. The Kier molecular flexibility index (Phi) is 4.50. The van der Waals surface area contributed by atoms with Crippen molar-refractivity contribution in [2.45, 2.75) is 63.7 Å². The molecule has 1 aliphatic heterocycles. The molecule has 0 bridgehead atoms. The summed E-state index contributed by atoms with van der Waals surface area (Å²) < 4.78 is 2.41. The molecule has 3 heterocycles. The highest BCUT2D eigenvalue weighted by Gasteiger charge is 2.41. The maximum Gasteiger partial charge on any atom is 0.170 e. The van der Waals surface area contributed by atoms with Gasteiger partial charge in [0.15, 0.2) is 5.11 Å². The topological polar surface area (TPSA) is 33.1 Å². The number of pyridine rings is 1. The summed E-state index contributed by atoms with van der Waals surface area (Å²) >= 11 is 5.67. The van der Waals surface area contributed by atoms with E-state index in [4.69, 9.17) is 12.2 Å². The molecule has 1 N–H and O–H groups in total. The highest BCUT2D eigenvalue weighted by Crippen LogP contribution is 2.40. The van der Waals surface area contributed by atoms with Crippen molar-refractivity contribution in [3.8, 4) is 0 Å². The molecule has 0 aromatic carbocycles. The second-order valence-electron chi connectivity index (χ2n) is 7.46. The average Bonchev–Trinajstić information content (AvgIpc) is 3.34. The molecule has 0 radical (unpaired) electrons. The van der Waals surface area contributed by atoms with Crippen LogP contribution in [0.2, 0.25) is 0 Å². The molecule has 2 fully saturated rings. The molecule has 2 aliphatic rings. The SMILES string of the molecule is CC(C)N1C(=S)N[C@@H](c2ccccn2)[C@H]1c1ccn(C2CCCC2)c1. The van der Waals surface area contributed by atoms with Gasteiger partial charge in [0.05, 0.1) is 17.8 Å². The van der Waals surface area contributed by atoms with Gasteiger partial charge in [-0.25, -0.2) is 0 Å². The summed E-state index contributed by atoms with van der Waals surface area (Å²) in [5.41, 5.74) is 2.37. The van der Waals surface area contributed by atoms with Crippen LogP contribution in [0.1, 0.15) is 68.9 Å². The van der Waals surface area contributed by atoms with Gasteiger partial charge in [-0.2, -0.15) is 0 Å². The molecule has 5 heteroatoms. The smallest absolute Gasteiger partial charge is 0.170 e. The van der Waals surface area contributed by atoms with E-state index in [2.05, 4.69) is 58.1 Å². The fraction of sp³-hybridized carbons (Fsp3) is 0.500. The molecular formula is C20H26N4S. The van der Waals surface area contributed by atoms with Crippen molar-refractivity contribution >= 4 is 17.3 Å². The Hall–Kier alpha value is -1.88. The Bertz CT molecular complexity index is 733. The van der Waals surface area contributed by atoms with Gasteiger partial charge in [-0.05, 0) is 62.7 Å². The molecule has 4 rings (SSSR count). The van der Waals surface area contributed by atoms with Gasteiger partial charge in [0.2, 0.25) is 0 Å². The van der Waals surface area contributed by atoms with E-state index in [1.807, 2.05) is 18.3 Å². The lowest BCUT2D eigenvalue weighted by atomic mass is 9.98. The molecule has 2 aromatic rings. The number of nitrogens with zero attached hydrogens (tertiary/aromatic N) is 3. The molecule has 1 saturated carbocycles. The predicted molar refractivity (Wildman–Crippen MR) is 104 cm³/mol. The summed E-state index contributed by atoms with van der Waals surface area (Å²) in [5, 5.41) is 4.34. The molecule has 4 nitrogen and oxygen atoms in total. The Morgan fingerprint density at radius 3 is 2.68 bits per heavy atom. The summed E-state index contributed by atoms with van der Waals surface area (Å²) in [6.45, 7) is 4.41. The van der Waals surface area contributed by atoms with Crippen LogP contribution in [-0.2, 0) is 0 Å². The summed E-state index contributed by atoms with van der Waals surface area (Å²) in [6, 6.07) is 9.65. The first-order chi connectivity index (χ1) is 12.1. The van der Waals surface area contributed by atoms with Crippen LogP contribution in [-0.4, -0.2) is 25.6 Å². The minimum absolute atomic E-state index is 0.0931. The maximum absolute atomic E-state index is 5.67. The van der Waals surface area contributed by atoms with Gasteiger partial charge in [-0.15, -0.1) is 0 Å². The van der Waals surface area contributed by atoms with E-state index < -0.39 is 0 Å². The van der Waals surface area contributed by atoms with Gasteiger partial charge in [0, 0.05) is 30.7 Å². The molecule has 132 valence electrons. The van der Waals surface area contributed by atoms with Crippen LogP contribution in [0.25, 0.3) is 0 Å². The van der Waals surface area contributed by atoms with Gasteiger partial charge >= 0.3 is 0 Å². The molecule has 0 amide bonds. The van der Waals surface area contributed by atoms with Crippen LogP contribution >= 0.6 is 12.2 Å². The number of hydrogen-bond donors (Lipinski definition) is 1. The van der Waals surface area contributed by atoms with E-state index in [9.17, 15) is 0 Å². The lowest BCUT2D eigenvalue weighted by molar-refractivity contribution is 0.269. The average molecular weight is 355 g/mol. The molecule has 1 saturated heterocycles. The second kappa shape index (κ2) is 6.79. The fourth-order valence-corrected chi connectivity index (χ4v) is 4.76. The number of hydrogen-bond acceptors (Lipinski definition) is 2. The lowest BCUT2D eigenvalue weighted by Gasteiger charge is -2.30. The van der Waals surface area contributed by atoms with Gasteiger partial charge in [-0.3, -0.25) is 4.98 Å². The van der Waals surface area contributed by atoms with Crippen LogP contribution in [0.4, 0.5) is 0 Å². The first-order valence-electron chi connectivity index (χ1n) is 9.32. The highest BCUT2D eigenvalue weighted by molar-refractivity contribution is 7.80. The Morgan fingerprint density at radius 2 is 2.00 bits per heavy atom. The monoisotopic (exact) mass is 354 g/mol. The van der Waals surface area contributed by atoms with Gasteiger partial charge in [-0.1, -0.05) is 18.9 Å². The molecular weight excluding hydrogens is 328 g/mol. The Morgan fingerprint density at radius 1 is 1.20 bits per heavy atom. The number of nitrogens with one attached hydrogen (secondary N) is 1. The van der Waals surface area contributed by atoms with E-state index in [-0.39, 0.29) is 12.1 Å². The molecule has 0 spiro atoms. The molecule has 2 aromatic heterocycles. The van der Waals surface area contributed by atoms with Crippen molar-refractivity contribution in [1.29, 1.82) is 0 Å². The van der Waals surface area contributed by atoms with Crippen molar-refractivity contribution in [3.05, 3.63) is 54.1 Å². The zero-order chi connectivity index (χ0) is 17.4. The fourth-order valence-electron chi connectivity index (χ4n) is 4.31. The van der Waals surface area contributed by atoms with Crippen molar-refractivity contribution in [1.82, 2.24) is 19.8 Å². The van der Waals surface area contributed by atoms with E-state index >= 15 is 0 Å². The minimum atomic E-state index is 0.0931. The zero-order valence-corrected chi connectivity index (χ0v) is 15.7. The second-order valence-corrected chi connectivity index (χ2v) is 7.84. The highest BCUT2D eigenvalue weighted by atomic mass is 32.1. The van der Waals surface area contributed by atoms with E-state index in [1.165, 1.54) is 31.2 Å². The normalized spacial score (nSPS) is 24.3. The van der Waals surface area contributed by atoms with E-state index in [0.29, 0.717) is 12.1 Å². The Balaban J connectivity index is 1.70. The summed E-state index contributed by atoms with van der Waals surface area (Å²) in [7, 11) is 0. The number of rotatable bonds is 4.